The van der Waals surface area contributed by atoms with Gasteiger partial charge in [0, 0.05) is 12.4 Å². The van der Waals surface area contributed by atoms with Crippen LogP contribution in [-0.4, -0.2) is 24.1 Å². The number of aromatic nitrogens is 5. The van der Waals surface area contributed by atoms with Crippen LogP contribution in [0.2, 0.25) is 10.2 Å². The summed E-state index contributed by atoms with van der Waals surface area (Å²) in [4.78, 5) is 20.1. The summed E-state index contributed by atoms with van der Waals surface area (Å²) in [6, 6.07) is 3.22. The molecule has 8 heteroatoms. The van der Waals surface area contributed by atoms with Crippen LogP contribution in [0.1, 0.15) is 5.69 Å². The molecule has 0 atom stereocenters. The smallest absolute Gasteiger partial charge is 0.259 e. The first-order chi connectivity index (χ1) is 9.15. The van der Waals surface area contributed by atoms with E-state index in [1.54, 1.807) is 18.3 Å². The van der Waals surface area contributed by atoms with Crippen LogP contribution in [0.3, 0.4) is 0 Å². The van der Waals surface area contributed by atoms with E-state index in [0.29, 0.717) is 21.5 Å². The zero-order chi connectivity index (χ0) is 13.4. The fourth-order valence-electron chi connectivity index (χ4n) is 1.69. The third-order valence-electron chi connectivity index (χ3n) is 2.57. The largest absolute Gasteiger partial charge is 0.350 e. The van der Waals surface area contributed by atoms with Gasteiger partial charge in [0.05, 0.1) is 23.5 Å². The zero-order valence-electron chi connectivity index (χ0n) is 9.49. The minimum atomic E-state index is -0.282. The Morgan fingerprint density at radius 3 is 2.89 bits per heavy atom. The summed E-state index contributed by atoms with van der Waals surface area (Å²) in [6.07, 6.45) is 4.57. The Hall–Kier alpha value is -1.92. The highest BCUT2D eigenvalue weighted by molar-refractivity contribution is 6.32. The zero-order valence-corrected chi connectivity index (χ0v) is 11.0. The van der Waals surface area contributed by atoms with Crippen LogP contribution in [0.15, 0.2) is 35.5 Å². The molecule has 0 unspecified atom stereocenters. The normalized spacial score (nSPS) is 11.1. The maximum atomic E-state index is 12.1. The van der Waals surface area contributed by atoms with Gasteiger partial charge in [0.15, 0.2) is 5.65 Å². The molecule has 0 aliphatic rings. The van der Waals surface area contributed by atoms with Gasteiger partial charge in [-0.2, -0.15) is 0 Å². The van der Waals surface area contributed by atoms with E-state index in [1.165, 1.54) is 21.5 Å². The molecule has 19 heavy (non-hydrogen) atoms. The minimum absolute atomic E-state index is 0.153. The van der Waals surface area contributed by atoms with Crippen LogP contribution in [0.25, 0.3) is 5.65 Å². The third-order valence-corrected chi connectivity index (χ3v) is 3.13. The number of fused-ring (bicyclic) bond motifs is 1. The molecule has 3 rings (SSSR count). The van der Waals surface area contributed by atoms with Crippen molar-refractivity contribution in [1.82, 2.24) is 24.1 Å². The Labute approximate surface area is 117 Å². The lowest BCUT2D eigenvalue weighted by Crippen LogP contribution is -2.22. The summed E-state index contributed by atoms with van der Waals surface area (Å²) in [5.41, 5.74) is 0.675. The minimum Gasteiger partial charge on any atom is -0.259 e. The van der Waals surface area contributed by atoms with E-state index in [4.69, 9.17) is 23.2 Å². The van der Waals surface area contributed by atoms with E-state index >= 15 is 0 Å². The third kappa shape index (κ3) is 2.20. The van der Waals surface area contributed by atoms with Gasteiger partial charge < -0.3 is 0 Å². The van der Waals surface area contributed by atoms with Gasteiger partial charge >= 0.3 is 5.69 Å². The molecular formula is C11H7Cl2N5O. The second kappa shape index (κ2) is 4.64. The van der Waals surface area contributed by atoms with Crippen LogP contribution in [0, 0.1) is 0 Å². The van der Waals surface area contributed by atoms with E-state index < -0.39 is 0 Å². The van der Waals surface area contributed by atoms with E-state index in [2.05, 4.69) is 15.1 Å². The van der Waals surface area contributed by atoms with Gasteiger partial charge in [0.2, 0.25) is 0 Å². The predicted octanol–water partition coefficient (Wildman–Crippen LogP) is 1.64. The fraction of sp³-hybridized carbons (Fsp3) is 0.0909. The van der Waals surface area contributed by atoms with Gasteiger partial charge in [-0.1, -0.05) is 23.2 Å². The molecule has 3 heterocycles. The number of halogens is 2. The van der Waals surface area contributed by atoms with Gasteiger partial charge in [0.25, 0.3) is 0 Å². The average Bonchev–Trinajstić information content (AvgIpc) is 2.72. The molecule has 3 aromatic heterocycles. The molecule has 0 aliphatic heterocycles. The molecule has 0 amide bonds. The van der Waals surface area contributed by atoms with Crippen molar-refractivity contribution in [3.8, 4) is 0 Å². The monoisotopic (exact) mass is 295 g/mol. The maximum Gasteiger partial charge on any atom is 0.350 e. The average molecular weight is 296 g/mol. The Balaban J connectivity index is 2.08. The first-order valence-corrected chi connectivity index (χ1v) is 6.11. The van der Waals surface area contributed by atoms with E-state index in [9.17, 15) is 4.79 Å². The SMILES string of the molecule is O=c1n(Cc2nc(Cl)ccc2Cl)nc2cnccn12. The molecule has 0 radical (unpaired) electrons. The predicted molar refractivity (Wildman–Crippen MR) is 70.6 cm³/mol. The number of nitrogens with zero attached hydrogens (tertiary/aromatic N) is 5. The molecule has 0 saturated carbocycles. The molecule has 0 aromatic carbocycles. The van der Waals surface area contributed by atoms with Crippen LogP contribution >= 0.6 is 23.2 Å². The summed E-state index contributed by atoms with van der Waals surface area (Å²) in [5, 5.41) is 4.90. The van der Waals surface area contributed by atoms with Crippen molar-refractivity contribution >= 4 is 28.8 Å². The lowest BCUT2D eigenvalue weighted by molar-refractivity contribution is 0.646. The van der Waals surface area contributed by atoms with Gasteiger partial charge in [-0.25, -0.2) is 18.9 Å². The number of hydrogen-bond donors (Lipinski definition) is 0. The highest BCUT2D eigenvalue weighted by Crippen LogP contribution is 2.17. The topological polar surface area (TPSA) is 65.1 Å². The van der Waals surface area contributed by atoms with Crippen molar-refractivity contribution in [3.05, 3.63) is 57.1 Å². The molecule has 3 aromatic rings. The highest BCUT2D eigenvalue weighted by atomic mass is 35.5. The van der Waals surface area contributed by atoms with Crippen LogP contribution < -0.4 is 5.69 Å². The fourth-order valence-corrected chi connectivity index (χ4v) is 2.02. The molecule has 0 saturated heterocycles. The van der Waals surface area contributed by atoms with Crippen molar-refractivity contribution in [2.24, 2.45) is 0 Å². The Bertz CT molecular complexity index is 810. The van der Waals surface area contributed by atoms with Crippen molar-refractivity contribution in [1.29, 1.82) is 0 Å². The van der Waals surface area contributed by atoms with E-state index in [0.717, 1.165) is 0 Å². The lowest BCUT2D eigenvalue weighted by Gasteiger charge is -2.02. The Morgan fingerprint density at radius 1 is 1.26 bits per heavy atom. The first kappa shape index (κ1) is 12.1. The molecule has 0 N–H and O–H groups in total. The van der Waals surface area contributed by atoms with Crippen molar-refractivity contribution < 1.29 is 0 Å². The second-order valence-corrected chi connectivity index (χ2v) is 4.60. The van der Waals surface area contributed by atoms with E-state index in [-0.39, 0.29) is 12.2 Å². The first-order valence-electron chi connectivity index (χ1n) is 5.35. The van der Waals surface area contributed by atoms with Gasteiger partial charge in [-0.3, -0.25) is 4.98 Å². The molecule has 0 fully saturated rings. The van der Waals surface area contributed by atoms with Gasteiger partial charge in [-0.05, 0) is 12.1 Å². The van der Waals surface area contributed by atoms with Crippen LogP contribution in [0.5, 0.6) is 0 Å². The molecule has 6 nitrogen and oxygen atoms in total. The molecule has 96 valence electrons. The number of pyridine rings is 1. The number of rotatable bonds is 2. The quantitative estimate of drug-likeness (QED) is 0.674. The number of hydrogen-bond acceptors (Lipinski definition) is 4. The summed E-state index contributed by atoms with van der Waals surface area (Å²) >= 11 is 11.8. The molecule has 0 bridgehead atoms. The van der Waals surface area contributed by atoms with Crippen molar-refractivity contribution in [2.75, 3.05) is 0 Å². The summed E-state index contributed by atoms with van der Waals surface area (Å²) in [5.74, 6) is 0. The van der Waals surface area contributed by atoms with Gasteiger partial charge in [0.1, 0.15) is 5.15 Å². The van der Waals surface area contributed by atoms with Gasteiger partial charge in [-0.15, -0.1) is 5.10 Å². The van der Waals surface area contributed by atoms with Crippen molar-refractivity contribution in [2.45, 2.75) is 6.54 Å². The lowest BCUT2D eigenvalue weighted by atomic mass is 10.3. The summed E-state index contributed by atoms with van der Waals surface area (Å²) < 4.78 is 2.66. The van der Waals surface area contributed by atoms with Crippen molar-refractivity contribution in [3.63, 3.8) is 0 Å². The summed E-state index contributed by atoms with van der Waals surface area (Å²) in [6.45, 7) is 0.153. The van der Waals surface area contributed by atoms with Crippen LogP contribution in [0.4, 0.5) is 0 Å². The molecular weight excluding hydrogens is 289 g/mol. The standard InChI is InChI=1S/C11H7Cl2N5O/c12-7-1-2-9(13)15-8(7)6-18-11(19)17-4-3-14-5-10(17)16-18/h1-5H,6H2. The maximum absolute atomic E-state index is 12.1. The Kier molecular flexibility index (Phi) is 2.96. The Morgan fingerprint density at radius 2 is 2.11 bits per heavy atom. The van der Waals surface area contributed by atoms with E-state index in [1.807, 2.05) is 0 Å². The van der Waals surface area contributed by atoms with Crippen LogP contribution in [-0.2, 0) is 6.54 Å². The second-order valence-electron chi connectivity index (χ2n) is 3.81. The molecule has 0 aliphatic carbocycles. The summed E-state index contributed by atoms with van der Waals surface area (Å²) in [7, 11) is 0. The molecule has 0 spiro atoms. The highest BCUT2D eigenvalue weighted by Gasteiger charge is 2.10.